The Morgan fingerprint density at radius 2 is 2.18 bits per heavy atom. The van der Waals surface area contributed by atoms with E-state index in [4.69, 9.17) is 0 Å². The van der Waals surface area contributed by atoms with Crippen molar-refractivity contribution in [3.8, 4) is 0 Å². The molecular formula is C8H7Br2N. The normalized spacial score (nSPS) is 9.36. The highest BCUT2D eigenvalue weighted by molar-refractivity contribution is 9.28. The summed E-state index contributed by atoms with van der Waals surface area (Å²) in [6.45, 7) is 1.97. The van der Waals surface area contributed by atoms with E-state index < -0.39 is 0 Å². The minimum atomic E-state index is 0.906. The largest absolute Gasteiger partial charge is 0.254 e. The van der Waals surface area contributed by atoms with Crippen LogP contribution in [0.25, 0.3) is 6.08 Å². The fourth-order valence-electron chi connectivity index (χ4n) is 0.756. The molecule has 0 unspecified atom stereocenters. The van der Waals surface area contributed by atoms with E-state index in [1.54, 1.807) is 0 Å². The minimum Gasteiger partial charge on any atom is -0.254 e. The Kier molecular flexibility index (Phi) is 3.27. The lowest BCUT2D eigenvalue weighted by atomic mass is 10.3. The number of hydrogen-bond acceptors (Lipinski definition) is 1. The second kappa shape index (κ2) is 4.02. The second-order valence-electron chi connectivity index (χ2n) is 2.14. The highest BCUT2D eigenvalue weighted by Crippen LogP contribution is 2.16. The van der Waals surface area contributed by atoms with Gasteiger partial charge in [-0.25, -0.2) is 0 Å². The summed E-state index contributed by atoms with van der Waals surface area (Å²) in [6.07, 6.45) is 1.91. The molecule has 0 bridgehead atoms. The van der Waals surface area contributed by atoms with Gasteiger partial charge in [0.25, 0.3) is 0 Å². The van der Waals surface area contributed by atoms with Crippen molar-refractivity contribution in [2.45, 2.75) is 6.92 Å². The van der Waals surface area contributed by atoms with Crippen LogP contribution in [0.4, 0.5) is 0 Å². The number of pyridine rings is 1. The zero-order valence-electron chi connectivity index (χ0n) is 6.01. The summed E-state index contributed by atoms with van der Waals surface area (Å²) < 4.78 is 0.906. The summed E-state index contributed by atoms with van der Waals surface area (Å²) in [5.41, 5.74) is 1.98. The quantitative estimate of drug-likeness (QED) is 0.765. The van der Waals surface area contributed by atoms with Crippen LogP contribution in [0.3, 0.4) is 0 Å². The zero-order valence-corrected chi connectivity index (χ0v) is 9.18. The van der Waals surface area contributed by atoms with Gasteiger partial charge in [-0.05, 0) is 57.0 Å². The molecule has 0 amide bonds. The maximum atomic E-state index is 4.28. The van der Waals surface area contributed by atoms with Crippen molar-refractivity contribution in [2.75, 3.05) is 0 Å². The van der Waals surface area contributed by atoms with Crippen molar-refractivity contribution in [2.24, 2.45) is 0 Å². The summed E-state index contributed by atoms with van der Waals surface area (Å²) >= 11 is 6.55. The van der Waals surface area contributed by atoms with Crippen LogP contribution in [-0.4, -0.2) is 4.98 Å². The smallest absolute Gasteiger partial charge is 0.0649 e. The fourth-order valence-corrected chi connectivity index (χ4v) is 1.23. The Morgan fingerprint density at radius 3 is 2.73 bits per heavy atom. The van der Waals surface area contributed by atoms with Crippen molar-refractivity contribution >= 4 is 37.9 Å². The summed E-state index contributed by atoms with van der Waals surface area (Å²) in [4.78, 5) is 4.28. The van der Waals surface area contributed by atoms with Gasteiger partial charge in [0, 0.05) is 5.69 Å². The number of rotatable bonds is 1. The van der Waals surface area contributed by atoms with Gasteiger partial charge in [-0.1, -0.05) is 6.07 Å². The van der Waals surface area contributed by atoms with Crippen molar-refractivity contribution < 1.29 is 0 Å². The Hall–Kier alpha value is -0.150. The van der Waals surface area contributed by atoms with Gasteiger partial charge in [0.05, 0.1) is 9.09 Å². The molecule has 0 aliphatic rings. The minimum absolute atomic E-state index is 0.906. The molecule has 1 heterocycles. The SMILES string of the molecule is Cc1cccc(C=C(Br)Br)n1. The monoisotopic (exact) mass is 275 g/mol. The van der Waals surface area contributed by atoms with Crippen molar-refractivity contribution in [1.29, 1.82) is 0 Å². The van der Waals surface area contributed by atoms with Gasteiger partial charge in [-0.15, -0.1) is 0 Å². The first-order valence-corrected chi connectivity index (χ1v) is 4.73. The molecule has 0 radical (unpaired) electrons. The molecule has 0 fully saturated rings. The average Bonchev–Trinajstić information content (AvgIpc) is 1.85. The van der Waals surface area contributed by atoms with E-state index in [1.165, 1.54) is 0 Å². The van der Waals surface area contributed by atoms with E-state index >= 15 is 0 Å². The molecule has 0 N–H and O–H groups in total. The van der Waals surface area contributed by atoms with Gasteiger partial charge < -0.3 is 0 Å². The Morgan fingerprint density at radius 1 is 1.45 bits per heavy atom. The topological polar surface area (TPSA) is 12.9 Å². The molecule has 58 valence electrons. The molecule has 1 aromatic heterocycles. The second-order valence-corrected chi connectivity index (χ2v) is 4.91. The van der Waals surface area contributed by atoms with Gasteiger partial charge >= 0.3 is 0 Å². The van der Waals surface area contributed by atoms with Gasteiger partial charge in [0.15, 0.2) is 0 Å². The molecule has 0 aromatic carbocycles. The zero-order chi connectivity index (χ0) is 8.27. The molecule has 3 heteroatoms. The van der Waals surface area contributed by atoms with E-state index in [0.717, 1.165) is 14.8 Å². The van der Waals surface area contributed by atoms with Crippen molar-refractivity contribution in [3.63, 3.8) is 0 Å². The van der Waals surface area contributed by atoms with Gasteiger partial charge in [-0.2, -0.15) is 0 Å². The summed E-state index contributed by atoms with van der Waals surface area (Å²) in [6, 6.07) is 5.91. The molecule has 0 saturated heterocycles. The molecular weight excluding hydrogens is 270 g/mol. The molecule has 0 saturated carbocycles. The van der Waals surface area contributed by atoms with Crippen molar-refractivity contribution in [3.05, 3.63) is 33.0 Å². The fraction of sp³-hybridized carbons (Fsp3) is 0.125. The van der Waals surface area contributed by atoms with E-state index in [2.05, 4.69) is 36.8 Å². The molecule has 1 aromatic rings. The van der Waals surface area contributed by atoms with E-state index in [1.807, 2.05) is 31.2 Å². The molecule has 0 spiro atoms. The van der Waals surface area contributed by atoms with Crippen LogP contribution in [0.2, 0.25) is 0 Å². The lowest BCUT2D eigenvalue weighted by Gasteiger charge is -1.93. The highest BCUT2D eigenvalue weighted by atomic mass is 79.9. The van der Waals surface area contributed by atoms with Crippen LogP contribution < -0.4 is 0 Å². The number of aryl methyl sites for hydroxylation is 1. The maximum Gasteiger partial charge on any atom is 0.0649 e. The van der Waals surface area contributed by atoms with Gasteiger partial charge in [-0.3, -0.25) is 4.98 Å². The lowest BCUT2D eigenvalue weighted by Crippen LogP contribution is -1.82. The average molecular weight is 277 g/mol. The molecule has 11 heavy (non-hydrogen) atoms. The standard InChI is InChI=1S/C8H7Br2N/c1-6-3-2-4-7(11-6)5-8(9)10/h2-5H,1H3. The van der Waals surface area contributed by atoms with Gasteiger partial charge in [0.2, 0.25) is 0 Å². The summed E-state index contributed by atoms with van der Waals surface area (Å²) in [5, 5.41) is 0. The highest BCUT2D eigenvalue weighted by Gasteiger charge is 1.90. The summed E-state index contributed by atoms with van der Waals surface area (Å²) in [7, 11) is 0. The predicted octanol–water partition coefficient (Wildman–Crippen LogP) is 3.48. The lowest BCUT2D eigenvalue weighted by molar-refractivity contribution is 1.18. The molecule has 0 aliphatic heterocycles. The first kappa shape index (κ1) is 8.94. The van der Waals surface area contributed by atoms with E-state index in [0.29, 0.717) is 0 Å². The number of halogens is 2. The van der Waals surface area contributed by atoms with Crippen molar-refractivity contribution in [1.82, 2.24) is 4.98 Å². The predicted molar refractivity (Wildman–Crippen MR) is 54.8 cm³/mol. The van der Waals surface area contributed by atoms with Crippen LogP contribution in [0, 0.1) is 6.92 Å². The molecule has 1 rings (SSSR count). The van der Waals surface area contributed by atoms with Gasteiger partial charge in [0.1, 0.15) is 0 Å². The summed E-state index contributed by atoms with van der Waals surface area (Å²) in [5.74, 6) is 0. The first-order chi connectivity index (χ1) is 5.18. The Balaban J connectivity index is 2.97. The Labute approximate surface area is 82.8 Å². The molecule has 1 nitrogen and oxygen atoms in total. The third-order valence-corrected chi connectivity index (χ3v) is 1.62. The van der Waals surface area contributed by atoms with E-state index in [-0.39, 0.29) is 0 Å². The number of hydrogen-bond donors (Lipinski definition) is 0. The number of nitrogens with zero attached hydrogens (tertiary/aromatic N) is 1. The third-order valence-electron chi connectivity index (χ3n) is 1.17. The maximum absolute atomic E-state index is 4.28. The van der Waals surface area contributed by atoms with Crippen LogP contribution in [-0.2, 0) is 0 Å². The van der Waals surface area contributed by atoms with Crippen LogP contribution in [0.5, 0.6) is 0 Å². The van der Waals surface area contributed by atoms with Crippen LogP contribution in [0.15, 0.2) is 21.6 Å². The van der Waals surface area contributed by atoms with Crippen LogP contribution in [0.1, 0.15) is 11.4 Å². The molecule has 0 atom stereocenters. The molecule has 0 aliphatic carbocycles. The van der Waals surface area contributed by atoms with Crippen LogP contribution >= 0.6 is 31.9 Å². The Bertz CT molecular complexity index is 277. The first-order valence-electron chi connectivity index (χ1n) is 3.15. The third kappa shape index (κ3) is 3.16. The number of aromatic nitrogens is 1. The van der Waals surface area contributed by atoms with E-state index in [9.17, 15) is 0 Å².